The summed E-state index contributed by atoms with van der Waals surface area (Å²) in [4.78, 5) is 12.3. The van der Waals surface area contributed by atoms with Crippen molar-refractivity contribution in [1.82, 2.24) is 9.88 Å². The second-order valence-corrected chi connectivity index (χ2v) is 6.88. The molecule has 1 heterocycles. The fourth-order valence-electron chi connectivity index (χ4n) is 3.58. The number of carbonyl (C=O) groups excluding carboxylic acids is 1. The van der Waals surface area contributed by atoms with Crippen molar-refractivity contribution < 1.29 is 19.0 Å². The van der Waals surface area contributed by atoms with Crippen molar-refractivity contribution in [2.75, 3.05) is 27.9 Å². The third-order valence-electron chi connectivity index (χ3n) is 5.04. The molecule has 0 saturated carbocycles. The van der Waals surface area contributed by atoms with E-state index in [1.807, 2.05) is 24.3 Å². The molecule has 0 saturated heterocycles. The Morgan fingerprint density at radius 1 is 1.00 bits per heavy atom. The van der Waals surface area contributed by atoms with Gasteiger partial charge in [-0.1, -0.05) is 18.2 Å². The molecule has 1 amide bonds. The third kappa shape index (κ3) is 4.65. The summed E-state index contributed by atoms with van der Waals surface area (Å²) in [5, 5.41) is 4.24. The second-order valence-electron chi connectivity index (χ2n) is 6.88. The second kappa shape index (κ2) is 9.37. The third-order valence-corrected chi connectivity index (χ3v) is 5.04. The van der Waals surface area contributed by atoms with Crippen LogP contribution in [-0.4, -0.2) is 38.3 Å². The van der Waals surface area contributed by atoms with E-state index >= 15 is 0 Å². The van der Waals surface area contributed by atoms with Crippen LogP contribution >= 0.6 is 0 Å². The predicted molar refractivity (Wildman–Crippen MR) is 114 cm³/mol. The van der Waals surface area contributed by atoms with Gasteiger partial charge in [0.25, 0.3) is 0 Å². The van der Waals surface area contributed by atoms with E-state index in [-0.39, 0.29) is 5.91 Å². The molecule has 0 atom stereocenters. The van der Waals surface area contributed by atoms with Crippen molar-refractivity contribution in [2.45, 2.75) is 26.3 Å². The SMILES string of the molecule is COc1cc(CCC(=O)NCCn2c(C)cc3ccccc32)cc(OC)c1OC. The number of aryl methyl sites for hydroxylation is 2. The average Bonchev–Trinajstić information content (AvgIpc) is 3.06. The maximum absolute atomic E-state index is 12.3. The molecule has 0 aliphatic rings. The van der Waals surface area contributed by atoms with E-state index in [0.717, 1.165) is 12.1 Å². The molecule has 3 rings (SSSR count). The summed E-state index contributed by atoms with van der Waals surface area (Å²) in [7, 11) is 4.74. The highest BCUT2D eigenvalue weighted by molar-refractivity contribution is 5.81. The monoisotopic (exact) mass is 396 g/mol. The number of methoxy groups -OCH3 is 3. The number of carbonyl (C=O) groups is 1. The predicted octanol–water partition coefficient (Wildman–Crippen LogP) is 3.72. The van der Waals surface area contributed by atoms with Gasteiger partial charge < -0.3 is 24.1 Å². The van der Waals surface area contributed by atoms with Gasteiger partial charge in [0.05, 0.1) is 21.3 Å². The van der Waals surface area contributed by atoms with Gasteiger partial charge in [0.1, 0.15) is 0 Å². The van der Waals surface area contributed by atoms with E-state index in [9.17, 15) is 4.79 Å². The Morgan fingerprint density at radius 3 is 2.34 bits per heavy atom. The molecular weight excluding hydrogens is 368 g/mol. The Balaban J connectivity index is 1.56. The first-order valence-electron chi connectivity index (χ1n) is 9.67. The highest BCUT2D eigenvalue weighted by Gasteiger charge is 2.14. The summed E-state index contributed by atoms with van der Waals surface area (Å²) < 4.78 is 18.3. The summed E-state index contributed by atoms with van der Waals surface area (Å²) in [5.74, 6) is 1.76. The molecule has 2 aromatic carbocycles. The molecule has 0 radical (unpaired) electrons. The normalized spacial score (nSPS) is 10.8. The molecule has 1 N–H and O–H groups in total. The smallest absolute Gasteiger partial charge is 0.220 e. The van der Waals surface area contributed by atoms with Crippen molar-refractivity contribution >= 4 is 16.8 Å². The maximum Gasteiger partial charge on any atom is 0.220 e. The highest BCUT2D eigenvalue weighted by Crippen LogP contribution is 2.38. The van der Waals surface area contributed by atoms with Crippen LogP contribution < -0.4 is 19.5 Å². The zero-order chi connectivity index (χ0) is 20.8. The topological polar surface area (TPSA) is 61.7 Å². The van der Waals surface area contributed by atoms with E-state index < -0.39 is 0 Å². The molecule has 6 heteroatoms. The van der Waals surface area contributed by atoms with Crippen LogP contribution in [0.5, 0.6) is 17.2 Å². The van der Waals surface area contributed by atoms with Crippen LogP contribution in [0.25, 0.3) is 10.9 Å². The van der Waals surface area contributed by atoms with Crippen LogP contribution in [-0.2, 0) is 17.8 Å². The molecule has 154 valence electrons. The lowest BCUT2D eigenvalue weighted by atomic mass is 10.1. The van der Waals surface area contributed by atoms with Gasteiger partial charge in [-0.3, -0.25) is 4.79 Å². The maximum atomic E-state index is 12.3. The minimum atomic E-state index is 0.0212. The van der Waals surface area contributed by atoms with Gasteiger partial charge in [0, 0.05) is 30.7 Å². The number of fused-ring (bicyclic) bond motifs is 1. The molecule has 29 heavy (non-hydrogen) atoms. The molecule has 0 fully saturated rings. The molecule has 0 unspecified atom stereocenters. The fourth-order valence-corrected chi connectivity index (χ4v) is 3.58. The first-order valence-corrected chi connectivity index (χ1v) is 9.67. The van der Waals surface area contributed by atoms with Gasteiger partial charge in [-0.05, 0) is 48.6 Å². The van der Waals surface area contributed by atoms with Crippen molar-refractivity contribution in [1.29, 1.82) is 0 Å². The van der Waals surface area contributed by atoms with Gasteiger partial charge in [-0.15, -0.1) is 0 Å². The van der Waals surface area contributed by atoms with Gasteiger partial charge in [0.15, 0.2) is 11.5 Å². The van der Waals surface area contributed by atoms with E-state index in [1.165, 1.54) is 16.6 Å². The number of hydrogen-bond donors (Lipinski definition) is 1. The molecule has 6 nitrogen and oxygen atoms in total. The highest BCUT2D eigenvalue weighted by atomic mass is 16.5. The lowest BCUT2D eigenvalue weighted by Crippen LogP contribution is -2.27. The number of para-hydroxylation sites is 1. The van der Waals surface area contributed by atoms with Gasteiger partial charge in [-0.2, -0.15) is 0 Å². The van der Waals surface area contributed by atoms with Crippen LogP contribution in [0.2, 0.25) is 0 Å². The summed E-state index contributed by atoms with van der Waals surface area (Å²) >= 11 is 0. The van der Waals surface area contributed by atoms with Gasteiger partial charge in [-0.25, -0.2) is 0 Å². The fraction of sp³-hybridized carbons (Fsp3) is 0.348. The number of nitrogens with zero attached hydrogens (tertiary/aromatic N) is 1. The number of aromatic nitrogens is 1. The van der Waals surface area contributed by atoms with Crippen LogP contribution in [0.1, 0.15) is 17.7 Å². The summed E-state index contributed by atoms with van der Waals surface area (Å²) in [5.41, 5.74) is 3.34. The molecular formula is C23H28N2O4. The first kappa shape index (κ1) is 20.6. The first-order chi connectivity index (χ1) is 14.1. The average molecular weight is 396 g/mol. The number of ether oxygens (including phenoxy) is 3. The van der Waals surface area contributed by atoms with Crippen LogP contribution in [0, 0.1) is 6.92 Å². The largest absolute Gasteiger partial charge is 0.493 e. The van der Waals surface area contributed by atoms with Gasteiger partial charge >= 0.3 is 0 Å². The summed E-state index contributed by atoms with van der Waals surface area (Å²) in [6, 6.07) is 14.2. The molecule has 0 bridgehead atoms. The van der Waals surface area contributed by atoms with E-state index in [0.29, 0.717) is 36.6 Å². The van der Waals surface area contributed by atoms with Crippen LogP contribution in [0.3, 0.4) is 0 Å². The number of rotatable bonds is 9. The van der Waals surface area contributed by atoms with Gasteiger partial charge in [0.2, 0.25) is 11.7 Å². The quantitative estimate of drug-likeness (QED) is 0.599. The molecule has 0 spiro atoms. The lowest BCUT2D eigenvalue weighted by molar-refractivity contribution is -0.121. The van der Waals surface area contributed by atoms with Crippen LogP contribution in [0.15, 0.2) is 42.5 Å². The minimum Gasteiger partial charge on any atom is -0.493 e. The summed E-state index contributed by atoms with van der Waals surface area (Å²) in [6.07, 6.45) is 0.984. The zero-order valence-electron chi connectivity index (χ0n) is 17.5. The van der Waals surface area contributed by atoms with Crippen molar-refractivity contribution in [3.63, 3.8) is 0 Å². The van der Waals surface area contributed by atoms with Crippen LogP contribution in [0.4, 0.5) is 0 Å². The van der Waals surface area contributed by atoms with Crippen molar-refractivity contribution in [3.8, 4) is 17.2 Å². The Kier molecular flexibility index (Phi) is 6.65. The number of benzene rings is 2. The molecule has 0 aliphatic heterocycles. The number of amides is 1. The standard InChI is InChI=1S/C23H28N2O4/c1-16-13-18-7-5-6-8-19(18)25(16)12-11-24-22(26)10-9-17-14-20(27-2)23(29-4)21(15-17)28-3/h5-8,13-15H,9-12H2,1-4H3,(H,24,26). The molecule has 1 aromatic heterocycles. The zero-order valence-corrected chi connectivity index (χ0v) is 17.5. The molecule has 3 aromatic rings. The van der Waals surface area contributed by atoms with Crippen molar-refractivity contribution in [2.24, 2.45) is 0 Å². The number of hydrogen-bond acceptors (Lipinski definition) is 4. The Morgan fingerprint density at radius 2 is 1.69 bits per heavy atom. The Hall–Kier alpha value is -3.15. The Bertz CT molecular complexity index is 969. The molecule has 0 aliphatic carbocycles. The van der Waals surface area contributed by atoms with Crippen molar-refractivity contribution in [3.05, 3.63) is 53.7 Å². The number of nitrogens with one attached hydrogen (secondary N) is 1. The van der Waals surface area contributed by atoms with E-state index in [1.54, 1.807) is 21.3 Å². The van der Waals surface area contributed by atoms with E-state index in [4.69, 9.17) is 14.2 Å². The van der Waals surface area contributed by atoms with E-state index in [2.05, 4.69) is 35.0 Å². The minimum absolute atomic E-state index is 0.0212. The Labute approximate surface area is 171 Å². The summed E-state index contributed by atoms with van der Waals surface area (Å²) in [6.45, 7) is 3.43. The lowest BCUT2D eigenvalue weighted by Gasteiger charge is -2.14.